The number of rotatable bonds is 8. The molecule has 0 radical (unpaired) electrons. The number of amides is 2. The molecule has 8 nitrogen and oxygen atoms in total. The predicted molar refractivity (Wildman–Crippen MR) is 90.1 cm³/mol. The zero-order valence-electron chi connectivity index (χ0n) is 13.7. The molecule has 0 aliphatic rings. The van der Waals surface area contributed by atoms with Crippen molar-refractivity contribution in [1.29, 1.82) is 0 Å². The highest BCUT2D eigenvalue weighted by atomic mass is 32.1. The third kappa shape index (κ3) is 4.79. The first-order chi connectivity index (χ1) is 11.5. The van der Waals surface area contributed by atoms with Crippen LogP contribution in [0.15, 0.2) is 17.8 Å². The van der Waals surface area contributed by atoms with Gasteiger partial charge < -0.3 is 19.9 Å². The van der Waals surface area contributed by atoms with Gasteiger partial charge in [0.2, 0.25) is 0 Å². The lowest BCUT2D eigenvalue weighted by molar-refractivity contribution is 0.0691. The van der Waals surface area contributed by atoms with Crippen molar-refractivity contribution in [2.45, 2.75) is 26.3 Å². The number of nitrogens with one attached hydrogen (secondary N) is 1. The number of carbonyl (C=O) groups excluding carboxylic acids is 1. The van der Waals surface area contributed by atoms with Crippen molar-refractivity contribution in [2.24, 2.45) is 7.05 Å². The van der Waals surface area contributed by atoms with E-state index < -0.39 is 5.97 Å². The quantitative estimate of drug-likeness (QED) is 0.754. The molecule has 2 aromatic heterocycles. The highest BCUT2D eigenvalue weighted by Crippen LogP contribution is 2.10. The van der Waals surface area contributed by atoms with E-state index in [1.807, 2.05) is 24.7 Å². The average Bonchev–Trinajstić information content (AvgIpc) is 3.16. The van der Waals surface area contributed by atoms with E-state index in [1.165, 1.54) is 16.7 Å². The number of thiazole rings is 1. The van der Waals surface area contributed by atoms with Crippen LogP contribution in [0.5, 0.6) is 0 Å². The molecule has 0 atom stereocenters. The molecule has 0 fully saturated rings. The fourth-order valence-electron chi connectivity index (χ4n) is 2.15. The molecule has 0 saturated heterocycles. The Balaban J connectivity index is 1.85. The summed E-state index contributed by atoms with van der Waals surface area (Å²) >= 11 is 1.28. The Morgan fingerprint density at radius 2 is 2.25 bits per heavy atom. The third-order valence-electron chi connectivity index (χ3n) is 3.42. The Bertz CT molecular complexity index is 697. The van der Waals surface area contributed by atoms with Crippen LogP contribution in [0.3, 0.4) is 0 Å². The van der Waals surface area contributed by atoms with E-state index in [1.54, 1.807) is 11.1 Å². The topological polar surface area (TPSA) is 100 Å². The number of nitrogens with zero attached hydrogens (tertiary/aromatic N) is 4. The lowest BCUT2D eigenvalue weighted by atomic mass is 10.4. The third-order valence-corrected chi connectivity index (χ3v) is 4.33. The number of aromatic nitrogens is 3. The van der Waals surface area contributed by atoms with Gasteiger partial charge in [0.05, 0.1) is 11.6 Å². The van der Waals surface area contributed by atoms with Crippen molar-refractivity contribution in [3.63, 3.8) is 0 Å². The highest BCUT2D eigenvalue weighted by Gasteiger charge is 2.15. The second-order valence-electron chi connectivity index (χ2n) is 5.29. The zero-order valence-corrected chi connectivity index (χ0v) is 14.5. The minimum atomic E-state index is -1.04. The van der Waals surface area contributed by atoms with E-state index >= 15 is 0 Å². The Kier molecular flexibility index (Phi) is 6.30. The van der Waals surface area contributed by atoms with Crippen molar-refractivity contribution in [2.75, 3.05) is 13.1 Å². The minimum Gasteiger partial charge on any atom is -0.476 e. The first-order valence-electron chi connectivity index (χ1n) is 7.68. The average molecular weight is 351 g/mol. The molecule has 0 aliphatic heterocycles. The van der Waals surface area contributed by atoms with Crippen molar-refractivity contribution < 1.29 is 14.7 Å². The summed E-state index contributed by atoms with van der Waals surface area (Å²) in [6.45, 7) is 3.51. The van der Waals surface area contributed by atoms with Gasteiger partial charge in [-0.05, 0) is 6.42 Å². The summed E-state index contributed by atoms with van der Waals surface area (Å²) in [7, 11) is 1.90. The Morgan fingerprint density at radius 3 is 2.83 bits per heavy atom. The molecule has 2 heterocycles. The number of hydrogen-bond acceptors (Lipinski definition) is 5. The van der Waals surface area contributed by atoms with Gasteiger partial charge in [0.1, 0.15) is 5.82 Å². The van der Waals surface area contributed by atoms with Crippen LogP contribution in [0.4, 0.5) is 4.79 Å². The van der Waals surface area contributed by atoms with Gasteiger partial charge in [-0.2, -0.15) is 0 Å². The van der Waals surface area contributed by atoms with Crippen LogP contribution < -0.4 is 5.32 Å². The number of hydrogen-bond donors (Lipinski definition) is 2. The molecule has 0 spiro atoms. The number of carbonyl (C=O) groups is 2. The highest BCUT2D eigenvalue weighted by molar-refractivity contribution is 7.09. The summed E-state index contributed by atoms with van der Waals surface area (Å²) in [6, 6.07) is -0.158. The Hall–Kier alpha value is -2.42. The van der Waals surface area contributed by atoms with E-state index in [-0.39, 0.29) is 11.7 Å². The minimum absolute atomic E-state index is 0.0451. The largest absolute Gasteiger partial charge is 0.476 e. The number of urea groups is 1. The summed E-state index contributed by atoms with van der Waals surface area (Å²) in [5.74, 6) is -0.213. The van der Waals surface area contributed by atoms with Crippen molar-refractivity contribution in [3.8, 4) is 0 Å². The number of aryl methyl sites for hydroxylation is 1. The summed E-state index contributed by atoms with van der Waals surface area (Å²) in [4.78, 5) is 33.1. The summed E-state index contributed by atoms with van der Waals surface area (Å²) in [5, 5.41) is 13.9. The maximum Gasteiger partial charge on any atom is 0.355 e. The standard InChI is InChI=1S/C15H21N5O3S/c1-3-7-20(9-12-16-6-8-19(12)2)15(23)17-5-4-13-18-11(10-24-13)14(21)22/h6,8,10H,3-5,7,9H2,1-2H3,(H,17,23)(H,21,22). The molecular weight excluding hydrogens is 330 g/mol. The Morgan fingerprint density at radius 1 is 1.46 bits per heavy atom. The molecule has 0 aromatic carbocycles. The molecule has 130 valence electrons. The molecule has 0 bridgehead atoms. The van der Waals surface area contributed by atoms with Gasteiger partial charge in [-0.1, -0.05) is 6.92 Å². The van der Waals surface area contributed by atoms with Gasteiger partial charge in [-0.25, -0.2) is 19.6 Å². The van der Waals surface area contributed by atoms with Crippen LogP contribution in [0.25, 0.3) is 0 Å². The molecule has 0 aliphatic carbocycles. The van der Waals surface area contributed by atoms with E-state index in [0.29, 0.717) is 31.1 Å². The van der Waals surface area contributed by atoms with Crippen LogP contribution in [0.2, 0.25) is 0 Å². The summed E-state index contributed by atoms with van der Waals surface area (Å²) in [5.41, 5.74) is 0.0451. The predicted octanol–water partition coefficient (Wildman–Crippen LogP) is 1.74. The van der Waals surface area contributed by atoms with Crippen LogP contribution in [0.1, 0.15) is 34.7 Å². The van der Waals surface area contributed by atoms with Crippen LogP contribution in [-0.2, 0) is 20.0 Å². The molecule has 0 unspecified atom stereocenters. The summed E-state index contributed by atoms with van der Waals surface area (Å²) in [6.07, 6.45) is 4.91. The molecule has 2 amide bonds. The first kappa shape index (κ1) is 17.9. The number of aromatic carboxylic acids is 1. The second kappa shape index (κ2) is 8.44. The molecule has 0 saturated carbocycles. The maximum absolute atomic E-state index is 12.3. The van der Waals surface area contributed by atoms with Crippen LogP contribution in [0, 0.1) is 0 Å². The van der Waals surface area contributed by atoms with E-state index in [9.17, 15) is 9.59 Å². The van der Waals surface area contributed by atoms with Crippen LogP contribution in [-0.4, -0.2) is 49.6 Å². The zero-order chi connectivity index (χ0) is 17.5. The van der Waals surface area contributed by atoms with Crippen LogP contribution >= 0.6 is 11.3 Å². The summed E-state index contributed by atoms with van der Waals surface area (Å²) < 4.78 is 1.89. The fraction of sp³-hybridized carbons (Fsp3) is 0.467. The normalized spacial score (nSPS) is 10.6. The fourth-order valence-corrected chi connectivity index (χ4v) is 2.93. The van der Waals surface area contributed by atoms with Gasteiger partial charge in [-0.3, -0.25) is 0 Å². The van der Waals surface area contributed by atoms with Gasteiger partial charge >= 0.3 is 12.0 Å². The molecule has 2 N–H and O–H groups in total. The van der Waals surface area contributed by atoms with E-state index in [4.69, 9.17) is 5.11 Å². The first-order valence-corrected chi connectivity index (χ1v) is 8.56. The molecule has 2 rings (SSSR count). The number of imidazole rings is 1. The molecule has 24 heavy (non-hydrogen) atoms. The monoisotopic (exact) mass is 351 g/mol. The van der Waals surface area contributed by atoms with Crippen molar-refractivity contribution in [1.82, 2.24) is 24.8 Å². The van der Waals surface area contributed by atoms with Gasteiger partial charge in [0, 0.05) is 44.3 Å². The Labute approximate surface area is 144 Å². The van der Waals surface area contributed by atoms with Gasteiger partial charge in [-0.15, -0.1) is 11.3 Å². The smallest absolute Gasteiger partial charge is 0.355 e. The maximum atomic E-state index is 12.3. The SMILES string of the molecule is CCCN(Cc1nccn1C)C(=O)NCCc1nc(C(=O)O)cs1. The lowest BCUT2D eigenvalue weighted by Gasteiger charge is -2.22. The van der Waals surface area contributed by atoms with Gasteiger partial charge in [0.25, 0.3) is 0 Å². The number of carboxylic acid groups (broad SMARTS) is 1. The lowest BCUT2D eigenvalue weighted by Crippen LogP contribution is -2.41. The molecule has 9 heteroatoms. The molecule has 2 aromatic rings. The van der Waals surface area contributed by atoms with E-state index in [2.05, 4.69) is 15.3 Å². The van der Waals surface area contributed by atoms with E-state index in [0.717, 1.165) is 12.2 Å². The number of carboxylic acids is 1. The van der Waals surface area contributed by atoms with Gasteiger partial charge in [0.15, 0.2) is 5.69 Å². The second-order valence-corrected chi connectivity index (χ2v) is 6.23. The van der Waals surface area contributed by atoms with Crippen molar-refractivity contribution in [3.05, 3.63) is 34.3 Å². The van der Waals surface area contributed by atoms with Crippen molar-refractivity contribution >= 4 is 23.3 Å². The molecular formula is C15H21N5O3S.